The van der Waals surface area contributed by atoms with Crippen molar-refractivity contribution in [3.63, 3.8) is 0 Å². The van der Waals surface area contributed by atoms with Crippen molar-refractivity contribution in [1.82, 2.24) is 4.90 Å². The number of carboxylic acids is 1. The molecule has 2 aromatic carbocycles. The van der Waals surface area contributed by atoms with Gasteiger partial charge in [0.1, 0.15) is 24.2 Å². The fourth-order valence-electron chi connectivity index (χ4n) is 5.72. The lowest BCUT2D eigenvalue weighted by molar-refractivity contribution is -0.159. The van der Waals surface area contributed by atoms with Crippen molar-refractivity contribution in [2.75, 3.05) is 13.7 Å². The van der Waals surface area contributed by atoms with Gasteiger partial charge in [0.2, 0.25) is 0 Å². The van der Waals surface area contributed by atoms with Crippen LogP contribution in [0.2, 0.25) is 0 Å². The average Bonchev–Trinajstić information content (AvgIpc) is 3.48. The lowest BCUT2D eigenvalue weighted by Gasteiger charge is -2.40. The fourth-order valence-corrected chi connectivity index (χ4v) is 5.72. The molecule has 0 bridgehead atoms. The van der Waals surface area contributed by atoms with E-state index in [0.29, 0.717) is 36.5 Å². The third-order valence-electron chi connectivity index (χ3n) is 7.81. The van der Waals surface area contributed by atoms with Gasteiger partial charge in [0.15, 0.2) is 11.9 Å². The predicted octanol–water partition coefficient (Wildman–Crippen LogP) is 5.68. The van der Waals surface area contributed by atoms with Crippen LogP contribution in [0, 0.1) is 5.82 Å². The molecule has 206 valence electrons. The summed E-state index contributed by atoms with van der Waals surface area (Å²) in [5, 5.41) is 10.2. The van der Waals surface area contributed by atoms with Gasteiger partial charge < -0.3 is 24.2 Å². The topological polar surface area (TPSA) is 85.3 Å². The van der Waals surface area contributed by atoms with Crippen molar-refractivity contribution >= 4 is 11.9 Å². The molecule has 2 atom stereocenters. The number of amides is 1. The zero-order valence-corrected chi connectivity index (χ0v) is 22.1. The molecule has 1 fully saturated rings. The summed E-state index contributed by atoms with van der Waals surface area (Å²) in [5.41, 5.74) is 3.26. The number of allylic oxidation sites excluding steroid dienone is 2. The van der Waals surface area contributed by atoms with Crippen LogP contribution in [-0.2, 0) is 30.4 Å². The van der Waals surface area contributed by atoms with Crippen molar-refractivity contribution in [1.29, 1.82) is 0 Å². The van der Waals surface area contributed by atoms with E-state index in [1.807, 2.05) is 30.3 Å². The molecule has 39 heavy (non-hydrogen) atoms. The molecule has 5 rings (SSSR count). The minimum absolute atomic E-state index is 0.0910. The lowest BCUT2D eigenvalue weighted by atomic mass is 9.85. The molecule has 3 aliphatic rings. The maximum absolute atomic E-state index is 14.0. The van der Waals surface area contributed by atoms with Crippen LogP contribution in [0.15, 0.2) is 77.3 Å². The van der Waals surface area contributed by atoms with E-state index in [-0.39, 0.29) is 19.1 Å². The highest BCUT2D eigenvalue weighted by Crippen LogP contribution is 2.40. The highest BCUT2D eigenvalue weighted by Gasteiger charge is 2.42. The first-order valence-corrected chi connectivity index (χ1v) is 13.5. The van der Waals surface area contributed by atoms with Crippen LogP contribution >= 0.6 is 0 Å². The number of carboxylic acid groups (broad SMARTS) is 1. The summed E-state index contributed by atoms with van der Waals surface area (Å²) in [6, 6.07) is 14.3. The molecule has 7 nitrogen and oxygen atoms in total. The summed E-state index contributed by atoms with van der Waals surface area (Å²) in [7, 11) is 1.59. The van der Waals surface area contributed by atoms with E-state index >= 15 is 0 Å². The van der Waals surface area contributed by atoms with Crippen molar-refractivity contribution < 1.29 is 33.3 Å². The number of benzene rings is 2. The summed E-state index contributed by atoms with van der Waals surface area (Å²) < 4.78 is 31.8. The predicted molar refractivity (Wildman–Crippen MR) is 142 cm³/mol. The summed E-state index contributed by atoms with van der Waals surface area (Å²) >= 11 is 0. The van der Waals surface area contributed by atoms with Crippen LogP contribution in [-0.4, -0.2) is 47.7 Å². The van der Waals surface area contributed by atoms with Gasteiger partial charge in [-0.1, -0.05) is 55.3 Å². The number of nitrogens with zero attached hydrogens (tertiary/aromatic N) is 1. The number of methoxy groups -OCH3 is 1. The molecule has 0 radical (unpaired) electrons. The second-order valence-corrected chi connectivity index (χ2v) is 10.3. The van der Waals surface area contributed by atoms with Crippen LogP contribution in [0.3, 0.4) is 0 Å². The van der Waals surface area contributed by atoms with Gasteiger partial charge in [-0.25, -0.2) is 9.18 Å². The second kappa shape index (κ2) is 12.0. The average molecular weight is 536 g/mol. The molecule has 1 saturated carbocycles. The zero-order valence-electron chi connectivity index (χ0n) is 22.1. The van der Waals surface area contributed by atoms with Gasteiger partial charge in [-0.15, -0.1) is 0 Å². The van der Waals surface area contributed by atoms with Gasteiger partial charge in [0.05, 0.1) is 13.2 Å². The Labute approximate surface area is 227 Å². The van der Waals surface area contributed by atoms with Crippen molar-refractivity contribution in [3.05, 3.63) is 94.2 Å². The third kappa shape index (κ3) is 6.01. The molecule has 1 amide bonds. The Morgan fingerprint density at radius 3 is 2.44 bits per heavy atom. The van der Waals surface area contributed by atoms with Crippen LogP contribution in [0.25, 0.3) is 0 Å². The number of aliphatic carboxylic acids is 1. The maximum Gasteiger partial charge on any atom is 0.326 e. The first-order valence-electron chi connectivity index (χ1n) is 13.5. The molecule has 8 heteroatoms. The fraction of sp³-hybridized carbons (Fsp3) is 0.419. The Bertz CT molecular complexity index is 1250. The number of hydrogen-bond donors (Lipinski definition) is 1. The molecule has 0 spiro atoms. The van der Waals surface area contributed by atoms with E-state index in [0.717, 1.165) is 42.4 Å². The first kappa shape index (κ1) is 26.9. The number of halogens is 1. The van der Waals surface area contributed by atoms with Gasteiger partial charge in [0, 0.05) is 25.0 Å². The lowest BCUT2D eigenvalue weighted by Crippen LogP contribution is -2.51. The van der Waals surface area contributed by atoms with E-state index in [9.17, 15) is 19.1 Å². The van der Waals surface area contributed by atoms with Crippen LogP contribution < -0.4 is 0 Å². The van der Waals surface area contributed by atoms with Gasteiger partial charge in [0.25, 0.3) is 5.91 Å². The number of ether oxygens (including phenoxy) is 3. The number of carbonyl (C=O) groups is 2. The van der Waals surface area contributed by atoms with Crippen molar-refractivity contribution in [3.8, 4) is 0 Å². The Morgan fingerprint density at radius 2 is 1.77 bits per heavy atom. The third-order valence-corrected chi connectivity index (χ3v) is 7.81. The largest absolute Gasteiger partial charge is 0.497 e. The minimum atomic E-state index is -1.10. The van der Waals surface area contributed by atoms with E-state index in [2.05, 4.69) is 0 Å². The van der Waals surface area contributed by atoms with Crippen molar-refractivity contribution in [2.24, 2.45) is 0 Å². The van der Waals surface area contributed by atoms with E-state index in [1.165, 1.54) is 17.0 Å². The van der Waals surface area contributed by atoms with Crippen LogP contribution in [0.5, 0.6) is 0 Å². The summed E-state index contributed by atoms with van der Waals surface area (Å²) in [6.07, 6.45) is 3.97. The quantitative estimate of drug-likeness (QED) is 0.445. The summed E-state index contributed by atoms with van der Waals surface area (Å²) in [5.74, 6) is -0.671. The first-order chi connectivity index (χ1) is 18.9. The molecule has 1 unspecified atom stereocenters. The molecule has 1 N–H and O–H groups in total. The van der Waals surface area contributed by atoms with Crippen LogP contribution in [0.1, 0.15) is 62.2 Å². The van der Waals surface area contributed by atoms with Gasteiger partial charge in [-0.2, -0.15) is 0 Å². The molecule has 0 saturated heterocycles. The summed E-state index contributed by atoms with van der Waals surface area (Å²) in [6.45, 7) is 0.480. The monoisotopic (exact) mass is 535 g/mol. The van der Waals surface area contributed by atoms with E-state index < -0.39 is 29.8 Å². The zero-order chi connectivity index (χ0) is 27.4. The summed E-state index contributed by atoms with van der Waals surface area (Å²) in [4.78, 5) is 28.0. The SMILES string of the molecule is COC1=C(OCc2ccccc2)C2=C(CC1)CN(C(=O)C(OC1CCCC1)c1ccc(F)cc1)[C@H](C(=O)O)C2. The number of rotatable bonds is 9. The standard InChI is InChI=1S/C31H34FNO6/c1-37-27-16-13-22-18-33(26(31(35)36)17-25(22)29(27)38-19-20-7-3-2-4-8-20)30(34)28(39-24-9-5-6-10-24)21-11-14-23(32)15-12-21/h2-4,7-8,11-12,14-15,24,26,28H,5-6,9-10,13,16-19H2,1H3,(H,35,36)/t26-,28?/m0/s1. The van der Waals surface area contributed by atoms with Gasteiger partial charge in [-0.05, 0) is 48.1 Å². The Balaban J connectivity index is 1.44. The van der Waals surface area contributed by atoms with Crippen molar-refractivity contribution in [2.45, 2.75) is 69.8 Å². The highest BCUT2D eigenvalue weighted by atomic mass is 19.1. The molecular weight excluding hydrogens is 501 g/mol. The van der Waals surface area contributed by atoms with Gasteiger partial charge in [-0.3, -0.25) is 4.79 Å². The highest BCUT2D eigenvalue weighted by molar-refractivity contribution is 5.88. The van der Waals surface area contributed by atoms with E-state index in [1.54, 1.807) is 19.2 Å². The maximum atomic E-state index is 14.0. The Kier molecular flexibility index (Phi) is 8.31. The molecule has 2 aromatic rings. The second-order valence-electron chi connectivity index (χ2n) is 10.3. The smallest absolute Gasteiger partial charge is 0.326 e. The molecular formula is C31H34FNO6. The normalized spacial score (nSPS) is 20.6. The minimum Gasteiger partial charge on any atom is -0.497 e. The van der Waals surface area contributed by atoms with E-state index in [4.69, 9.17) is 14.2 Å². The van der Waals surface area contributed by atoms with Crippen LogP contribution in [0.4, 0.5) is 4.39 Å². The Hall–Kier alpha value is -3.65. The number of carbonyl (C=O) groups excluding carboxylic acids is 1. The molecule has 1 aliphatic heterocycles. The Morgan fingerprint density at radius 1 is 1.05 bits per heavy atom. The van der Waals surface area contributed by atoms with Gasteiger partial charge >= 0.3 is 5.97 Å². The molecule has 1 heterocycles. The molecule has 2 aliphatic carbocycles. The molecule has 0 aromatic heterocycles. The number of hydrogen-bond acceptors (Lipinski definition) is 5.